The second-order valence-electron chi connectivity index (χ2n) is 4.57. The first-order valence-corrected chi connectivity index (χ1v) is 5.71. The van der Waals surface area contributed by atoms with Gasteiger partial charge in [0.2, 0.25) is 0 Å². The van der Waals surface area contributed by atoms with Crippen molar-refractivity contribution < 1.29 is 0 Å². The van der Waals surface area contributed by atoms with Crippen LogP contribution in [0.1, 0.15) is 25.7 Å². The van der Waals surface area contributed by atoms with E-state index in [2.05, 4.69) is 42.3 Å². The molecule has 0 atom stereocenters. The Morgan fingerprint density at radius 3 is 2.47 bits per heavy atom. The van der Waals surface area contributed by atoms with Crippen molar-refractivity contribution in [2.75, 3.05) is 11.9 Å². The van der Waals surface area contributed by atoms with Crippen LogP contribution in [0.2, 0.25) is 0 Å². The van der Waals surface area contributed by atoms with Crippen LogP contribution in [0.25, 0.3) is 0 Å². The Bertz CT molecular complexity index is 388. The Balaban J connectivity index is 1.77. The molecule has 3 rings (SSSR count). The molecule has 1 aliphatic heterocycles. The van der Waals surface area contributed by atoms with E-state index < -0.39 is 0 Å². The highest BCUT2D eigenvalue weighted by atomic mass is 15.3. The van der Waals surface area contributed by atoms with E-state index in [1.54, 1.807) is 0 Å². The molecule has 1 aromatic carbocycles. The van der Waals surface area contributed by atoms with E-state index in [-0.39, 0.29) is 5.54 Å². The number of hydrogen-bond donors (Lipinski definition) is 0. The van der Waals surface area contributed by atoms with Crippen molar-refractivity contribution in [1.82, 2.24) is 0 Å². The van der Waals surface area contributed by atoms with Gasteiger partial charge in [-0.25, -0.2) is 0 Å². The summed E-state index contributed by atoms with van der Waals surface area (Å²) in [5.41, 5.74) is 1.50. The van der Waals surface area contributed by atoms with Crippen molar-refractivity contribution in [2.24, 2.45) is 4.99 Å². The zero-order valence-corrected chi connectivity index (χ0v) is 9.11. The van der Waals surface area contributed by atoms with Gasteiger partial charge in [0.15, 0.2) is 0 Å². The predicted molar refractivity (Wildman–Crippen MR) is 63.5 cm³/mol. The highest BCUT2D eigenvalue weighted by Crippen LogP contribution is 2.45. The summed E-state index contributed by atoms with van der Waals surface area (Å²) in [5.74, 6) is 1.30. The van der Waals surface area contributed by atoms with Gasteiger partial charge in [-0.2, -0.15) is 0 Å². The molecule has 0 N–H and O–H groups in total. The lowest BCUT2D eigenvalue weighted by Gasteiger charge is -2.17. The van der Waals surface area contributed by atoms with Crippen molar-refractivity contribution in [3.63, 3.8) is 0 Å². The third kappa shape index (κ3) is 1.36. The molecule has 1 aliphatic carbocycles. The average molecular weight is 200 g/mol. The van der Waals surface area contributed by atoms with Gasteiger partial charge in [-0.3, -0.25) is 4.99 Å². The van der Waals surface area contributed by atoms with Gasteiger partial charge < -0.3 is 4.90 Å². The quantitative estimate of drug-likeness (QED) is 0.680. The first-order chi connectivity index (χ1) is 7.32. The first kappa shape index (κ1) is 8.96. The first-order valence-electron chi connectivity index (χ1n) is 5.71. The second kappa shape index (κ2) is 3.09. The lowest BCUT2D eigenvalue weighted by molar-refractivity contribution is 0.685. The van der Waals surface area contributed by atoms with E-state index in [1.165, 1.54) is 37.2 Å². The smallest absolute Gasteiger partial charge is 0.132 e. The van der Waals surface area contributed by atoms with Crippen LogP contribution in [-0.4, -0.2) is 18.4 Å². The zero-order chi connectivity index (χ0) is 10.3. The Morgan fingerprint density at radius 2 is 1.80 bits per heavy atom. The highest BCUT2D eigenvalue weighted by molar-refractivity contribution is 6.13. The topological polar surface area (TPSA) is 15.6 Å². The lowest BCUT2D eigenvalue weighted by Crippen LogP contribution is -2.29. The molecular weight excluding hydrogens is 184 g/mol. The SMILES string of the molecule is CN(C1=NC12CCCC2)c1ccccc1. The Morgan fingerprint density at radius 1 is 1.13 bits per heavy atom. The van der Waals surface area contributed by atoms with Crippen molar-refractivity contribution >= 4 is 11.5 Å². The van der Waals surface area contributed by atoms with E-state index in [9.17, 15) is 0 Å². The van der Waals surface area contributed by atoms with Gasteiger partial charge in [0.1, 0.15) is 11.4 Å². The van der Waals surface area contributed by atoms with E-state index in [0.717, 1.165) is 0 Å². The fourth-order valence-corrected chi connectivity index (χ4v) is 2.63. The van der Waals surface area contributed by atoms with Crippen molar-refractivity contribution in [3.05, 3.63) is 30.3 Å². The van der Waals surface area contributed by atoms with Gasteiger partial charge in [0.25, 0.3) is 0 Å². The molecule has 0 amide bonds. The van der Waals surface area contributed by atoms with Crippen molar-refractivity contribution in [3.8, 4) is 0 Å². The molecule has 0 radical (unpaired) electrons. The average Bonchev–Trinajstić information content (AvgIpc) is 2.77. The number of likely N-dealkylation sites (N-methyl/N-ethyl adjacent to an activating group) is 1. The van der Waals surface area contributed by atoms with Gasteiger partial charge in [0.05, 0.1) is 0 Å². The number of para-hydroxylation sites is 1. The number of rotatable bonds is 1. The molecule has 0 saturated heterocycles. The number of hydrogen-bond acceptors (Lipinski definition) is 2. The molecule has 0 unspecified atom stereocenters. The standard InChI is InChI=1S/C13H16N2/c1-15(11-7-3-2-4-8-11)12-13(14-12)9-5-6-10-13/h2-4,7-8H,5-6,9-10H2,1H3. The monoisotopic (exact) mass is 200 g/mol. The molecule has 2 nitrogen and oxygen atoms in total. The van der Waals surface area contributed by atoms with Gasteiger partial charge in [-0.15, -0.1) is 0 Å². The summed E-state index contributed by atoms with van der Waals surface area (Å²) in [6.45, 7) is 0. The summed E-state index contributed by atoms with van der Waals surface area (Å²) in [4.78, 5) is 6.95. The maximum Gasteiger partial charge on any atom is 0.132 e. The maximum atomic E-state index is 4.70. The molecule has 1 saturated carbocycles. The number of amidine groups is 1. The van der Waals surface area contributed by atoms with E-state index in [4.69, 9.17) is 4.99 Å². The Labute approximate surface area is 90.6 Å². The molecule has 1 heterocycles. The molecule has 2 heteroatoms. The summed E-state index contributed by atoms with van der Waals surface area (Å²) in [7, 11) is 2.13. The minimum atomic E-state index is 0.255. The third-order valence-corrected chi connectivity index (χ3v) is 3.58. The zero-order valence-electron chi connectivity index (χ0n) is 9.11. The largest absolute Gasteiger partial charge is 0.331 e. The Kier molecular flexibility index (Phi) is 1.84. The number of anilines is 1. The molecule has 2 aliphatic rings. The number of nitrogens with zero attached hydrogens (tertiary/aromatic N) is 2. The molecule has 78 valence electrons. The molecule has 0 aromatic heterocycles. The maximum absolute atomic E-state index is 4.70. The normalized spacial score (nSPS) is 21.5. The van der Waals surface area contributed by atoms with Crippen LogP contribution in [0.4, 0.5) is 5.69 Å². The van der Waals surface area contributed by atoms with E-state index in [0.29, 0.717) is 0 Å². The molecule has 15 heavy (non-hydrogen) atoms. The van der Waals surface area contributed by atoms with Crippen LogP contribution >= 0.6 is 0 Å². The third-order valence-electron chi connectivity index (χ3n) is 3.58. The molecule has 0 bridgehead atoms. The van der Waals surface area contributed by atoms with E-state index in [1.807, 2.05) is 0 Å². The molecule has 1 spiro atoms. The van der Waals surface area contributed by atoms with E-state index >= 15 is 0 Å². The summed E-state index contributed by atoms with van der Waals surface area (Å²) in [6.07, 6.45) is 5.21. The summed E-state index contributed by atoms with van der Waals surface area (Å²) >= 11 is 0. The predicted octanol–water partition coefficient (Wildman–Crippen LogP) is 2.85. The van der Waals surface area contributed by atoms with Crippen LogP contribution < -0.4 is 4.90 Å². The lowest BCUT2D eigenvalue weighted by atomic mass is 10.1. The van der Waals surface area contributed by atoms with Crippen LogP contribution in [0.5, 0.6) is 0 Å². The van der Waals surface area contributed by atoms with Gasteiger partial charge in [0, 0.05) is 12.7 Å². The fourth-order valence-electron chi connectivity index (χ4n) is 2.63. The van der Waals surface area contributed by atoms with Crippen LogP contribution in [0.3, 0.4) is 0 Å². The van der Waals surface area contributed by atoms with Crippen LogP contribution in [0.15, 0.2) is 35.3 Å². The van der Waals surface area contributed by atoms with Crippen LogP contribution in [-0.2, 0) is 0 Å². The van der Waals surface area contributed by atoms with Crippen LogP contribution in [0, 0.1) is 0 Å². The van der Waals surface area contributed by atoms with Crippen molar-refractivity contribution in [2.45, 2.75) is 31.2 Å². The number of aliphatic imine (C=N–C) groups is 1. The fraction of sp³-hybridized carbons (Fsp3) is 0.462. The minimum Gasteiger partial charge on any atom is -0.331 e. The highest BCUT2D eigenvalue weighted by Gasteiger charge is 2.51. The van der Waals surface area contributed by atoms with Gasteiger partial charge in [-0.05, 0) is 25.0 Å². The summed E-state index contributed by atoms with van der Waals surface area (Å²) < 4.78 is 0. The van der Waals surface area contributed by atoms with Crippen molar-refractivity contribution in [1.29, 1.82) is 0 Å². The molecule has 1 aromatic rings. The minimum absolute atomic E-state index is 0.255. The van der Waals surface area contributed by atoms with Gasteiger partial charge >= 0.3 is 0 Å². The Hall–Kier alpha value is -1.31. The molecular formula is C13H16N2. The number of benzene rings is 1. The summed E-state index contributed by atoms with van der Waals surface area (Å²) in [5, 5.41) is 0. The second-order valence-corrected chi connectivity index (χ2v) is 4.57. The summed E-state index contributed by atoms with van der Waals surface area (Å²) in [6, 6.07) is 10.5. The van der Waals surface area contributed by atoms with Gasteiger partial charge in [-0.1, -0.05) is 31.0 Å². The molecule has 1 fully saturated rings.